The van der Waals surface area contributed by atoms with E-state index in [9.17, 15) is 20.0 Å². The van der Waals surface area contributed by atoms with Gasteiger partial charge in [0.15, 0.2) is 11.5 Å². The van der Waals surface area contributed by atoms with Gasteiger partial charge in [-0.1, -0.05) is 0 Å². The van der Waals surface area contributed by atoms with Crippen LogP contribution in [0.2, 0.25) is 0 Å². The van der Waals surface area contributed by atoms with Crippen LogP contribution < -0.4 is 9.47 Å². The van der Waals surface area contributed by atoms with E-state index in [0.717, 1.165) is 22.4 Å². The van der Waals surface area contributed by atoms with Gasteiger partial charge in [-0.25, -0.2) is 4.79 Å². The lowest BCUT2D eigenvalue weighted by molar-refractivity contribution is -0.136. The molecule has 2 aliphatic heterocycles. The lowest BCUT2D eigenvalue weighted by atomic mass is 9.92. The third kappa shape index (κ3) is 3.01. The third-order valence-electron chi connectivity index (χ3n) is 5.05. The molecule has 2 aliphatic rings. The highest BCUT2D eigenvalue weighted by atomic mass is 16.5. The highest BCUT2D eigenvalue weighted by Gasteiger charge is 2.40. The van der Waals surface area contributed by atoms with Crippen molar-refractivity contribution in [2.24, 2.45) is 0 Å². The minimum Gasteiger partial charge on any atom is -0.493 e. The Bertz CT molecular complexity index is 773. The molecule has 1 N–H and O–H groups in total. The topological polar surface area (TPSA) is 103 Å². The summed E-state index contributed by atoms with van der Waals surface area (Å²) in [4.78, 5) is 27.4. The summed E-state index contributed by atoms with van der Waals surface area (Å²) in [7, 11) is 3.05. The summed E-state index contributed by atoms with van der Waals surface area (Å²) in [5, 5.41) is 18.8. The van der Waals surface area contributed by atoms with Crippen LogP contribution in [0.15, 0.2) is 12.1 Å². The Morgan fingerprint density at radius 2 is 1.85 bits per heavy atom. The molecule has 2 atom stereocenters. The number of amides is 2. The number of rotatable bonds is 3. The average Bonchev–Trinajstić information content (AvgIpc) is 3.13. The van der Waals surface area contributed by atoms with Crippen molar-refractivity contribution in [3.05, 3.63) is 23.3 Å². The van der Waals surface area contributed by atoms with Crippen LogP contribution in [-0.2, 0) is 17.8 Å². The lowest BCUT2D eigenvalue weighted by Crippen LogP contribution is -2.54. The van der Waals surface area contributed by atoms with E-state index in [2.05, 4.69) is 6.07 Å². The largest absolute Gasteiger partial charge is 0.493 e. The van der Waals surface area contributed by atoms with Crippen molar-refractivity contribution < 1.29 is 24.2 Å². The number of benzene rings is 1. The number of carboxylic acid groups (broad SMARTS) is 1. The molecule has 2 heterocycles. The van der Waals surface area contributed by atoms with E-state index in [1.54, 1.807) is 12.1 Å². The van der Waals surface area contributed by atoms with Crippen LogP contribution in [-0.4, -0.2) is 59.8 Å². The zero-order valence-electron chi connectivity index (χ0n) is 14.8. The Morgan fingerprint density at radius 3 is 2.42 bits per heavy atom. The first-order valence-corrected chi connectivity index (χ1v) is 8.43. The van der Waals surface area contributed by atoms with Crippen molar-refractivity contribution in [3.63, 3.8) is 0 Å². The summed E-state index contributed by atoms with van der Waals surface area (Å²) >= 11 is 0. The van der Waals surface area contributed by atoms with Crippen molar-refractivity contribution in [2.75, 3.05) is 20.8 Å². The Hall–Kier alpha value is -2.95. The molecular formula is C18H21N3O5. The van der Waals surface area contributed by atoms with Crippen molar-refractivity contribution in [2.45, 2.75) is 37.9 Å². The van der Waals surface area contributed by atoms with E-state index >= 15 is 0 Å². The standard InChI is InChI=1S/C18H21N3O5/c1-25-15-7-11-6-14(17(22)20-5-3-4-13(20)9-19)21(18(23)24)10-12(11)8-16(15)26-2/h7-8,13-14H,3-6,10H2,1-2H3,(H,23,24)/t13-,14+/m0/s1. The van der Waals surface area contributed by atoms with Crippen molar-refractivity contribution in [1.82, 2.24) is 9.80 Å². The molecule has 0 radical (unpaired) electrons. The summed E-state index contributed by atoms with van der Waals surface area (Å²) in [5.41, 5.74) is 1.64. The van der Waals surface area contributed by atoms with Gasteiger partial charge in [0.25, 0.3) is 0 Å². The second kappa shape index (κ2) is 7.12. The molecule has 2 amide bonds. The van der Waals surface area contributed by atoms with Gasteiger partial charge in [-0.2, -0.15) is 5.26 Å². The third-order valence-corrected chi connectivity index (χ3v) is 5.05. The summed E-state index contributed by atoms with van der Waals surface area (Å²) in [6, 6.07) is 4.35. The Balaban J connectivity index is 1.95. The van der Waals surface area contributed by atoms with E-state index < -0.39 is 18.2 Å². The SMILES string of the molecule is COc1cc2c(cc1OC)CN(C(=O)O)[C@@H](C(=O)N1CCC[C@H]1C#N)C2. The molecule has 8 heteroatoms. The highest BCUT2D eigenvalue weighted by molar-refractivity contribution is 5.87. The van der Waals surface area contributed by atoms with Gasteiger partial charge in [0.1, 0.15) is 12.1 Å². The molecule has 0 spiro atoms. The quantitative estimate of drug-likeness (QED) is 0.880. The molecule has 1 aromatic carbocycles. The van der Waals surface area contributed by atoms with Gasteiger partial charge in [0.2, 0.25) is 5.91 Å². The highest BCUT2D eigenvalue weighted by Crippen LogP contribution is 2.35. The molecule has 0 unspecified atom stereocenters. The van der Waals surface area contributed by atoms with Crippen LogP contribution >= 0.6 is 0 Å². The molecule has 0 aromatic heterocycles. The number of nitrogens with zero attached hydrogens (tertiary/aromatic N) is 3. The summed E-state index contributed by atoms with van der Waals surface area (Å²) in [5.74, 6) is 0.750. The molecule has 8 nitrogen and oxygen atoms in total. The van der Waals surface area contributed by atoms with Crippen LogP contribution in [0, 0.1) is 11.3 Å². The van der Waals surface area contributed by atoms with Gasteiger partial charge in [0, 0.05) is 13.0 Å². The number of ether oxygens (including phenoxy) is 2. The van der Waals surface area contributed by atoms with Crippen LogP contribution in [0.5, 0.6) is 11.5 Å². The predicted molar refractivity (Wildman–Crippen MR) is 91.0 cm³/mol. The van der Waals surface area contributed by atoms with Crippen molar-refractivity contribution in [1.29, 1.82) is 5.26 Å². The summed E-state index contributed by atoms with van der Waals surface area (Å²) in [6.07, 6.45) is 0.473. The average molecular weight is 359 g/mol. The molecule has 1 fully saturated rings. The van der Waals surface area contributed by atoms with Crippen molar-refractivity contribution >= 4 is 12.0 Å². The zero-order chi connectivity index (χ0) is 18.8. The van der Waals surface area contributed by atoms with Gasteiger partial charge in [-0.05, 0) is 36.1 Å². The van der Waals surface area contributed by atoms with Crippen LogP contribution in [0.25, 0.3) is 0 Å². The Morgan fingerprint density at radius 1 is 1.19 bits per heavy atom. The van der Waals surface area contributed by atoms with Crippen LogP contribution in [0.1, 0.15) is 24.0 Å². The molecular weight excluding hydrogens is 338 g/mol. The van der Waals surface area contributed by atoms with Gasteiger partial charge in [-0.3, -0.25) is 9.69 Å². The summed E-state index contributed by atoms with van der Waals surface area (Å²) in [6.45, 7) is 0.576. The normalized spacial score (nSPS) is 21.7. The molecule has 3 rings (SSSR count). The molecule has 138 valence electrons. The Labute approximate surface area is 151 Å². The first-order valence-electron chi connectivity index (χ1n) is 8.43. The molecule has 26 heavy (non-hydrogen) atoms. The molecule has 1 aromatic rings. The molecule has 0 bridgehead atoms. The molecule has 0 saturated carbocycles. The fourth-order valence-corrected chi connectivity index (χ4v) is 3.69. The van der Waals surface area contributed by atoms with E-state index in [0.29, 0.717) is 24.5 Å². The van der Waals surface area contributed by atoms with E-state index in [-0.39, 0.29) is 18.9 Å². The number of hydrogen-bond acceptors (Lipinski definition) is 5. The number of nitriles is 1. The first-order chi connectivity index (χ1) is 12.5. The second-order valence-corrected chi connectivity index (χ2v) is 6.43. The van der Waals surface area contributed by atoms with E-state index in [1.807, 2.05) is 0 Å². The summed E-state index contributed by atoms with van der Waals surface area (Å²) < 4.78 is 10.6. The second-order valence-electron chi connectivity index (χ2n) is 6.43. The maximum atomic E-state index is 13.0. The maximum Gasteiger partial charge on any atom is 0.408 e. The molecule has 1 saturated heterocycles. The predicted octanol–water partition coefficient (Wildman–Crippen LogP) is 1.62. The maximum absolute atomic E-state index is 13.0. The van der Waals surface area contributed by atoms with Crippen LogP contribution in [0.3, 0.4) is 0 Å². The zero-order valence-corrected chi connectivity index (χ0v) is 14.8. The van der Waals surface area contributed by atoms with Gasteiger partial charge < -0.3 is 19.5 Å². The number of likely N-dealkylation sites (tertiary alicyclic amines) is 1. The van der Waals surface area contributed by atoms with E-state index in [1.165, 1.54) is 19.1 Å². The first kappa shape index (κ1) is 17.9. The smallest absolute Gasteiger partial charge is 0.408 e. The molecule has 0 aliphatic carbocycles. The minimum atomic E-state index is -1.16. The van der Waals surface area contributed by atoms with Gasteiger partial charge in [0.05, 0.1) is 26.8 Å². The fourth-order valence-electron chi connectivity index (χ4n) is 3.69. The number of hydrogen-bond donors (Lipinski definition) is 1. The lowest BCUT2D eigenvalue weighted by Gasteiger charge is -2.37. The Kier molecular flexibility index (Phi) is 4.89. The number of carbonyl (C=O) groups is 2. The van der Waals surface area contributed by atoms with E-state index in [4.69, 9.17) is 9.47 Å². The van der Waals surface area contributed by atoms with Gasteiger partial charge >= 0.3 is 6.09 Å². The monoisotopic (exact) mass is 359 g/mol. The minimum absolute atomic E-state index is 0.0898. The fraction of sp³-hybridized carbons (Fsp3) is 0.500. The van der Waals surface area contributed by atoms with Gasteiger partial charge in [-0.15, -0.1) is 0 Å². The number of carbonyl (C=O) groups excluding carboxylic acids is 1. The number of fused-ring (bicyclic) bond motifs is 1. The number of methoxy groups -OCH3 is 2. The van der Waals surface area contributed by atoms with Crippen molar-refractivity contribution in [3.8, 4) is 17.6 Å². The van der Waals surface area contributed by atoms with Crippen LogP contribution in [0.4, 0.5) is 4.79 Å².